The minimum absolute atomic E-state index is 0.00740. The van der Waals surface area contributed by atoms with Crippen molar-refractivity contribution in [3.05, 3.63) is 71.1 Å². The van der Waals surface area contributed by atoms with Crippen LogP contribution >= 0.6 is 22.9 Å². The topological polar surface area (TPSA) is 38.2 Å². The molecule has 1 aliphatic rings. The summed E-state index contributed by atoms with van der Waals surface area (Å²) in [7, 11) is 0. The van der Waals surface area contributed by atoms with Crippen LogP contribution in [0, 0.1) is 11.6 Å². The second kappa shape index (κ2) is 8.59. The van der Waals surface area contributed by atoms with Crippen molar-refractivity contribution >= 4 is 33.0 Å². The molecule has 0 unspecified atom stereocenters. The summed E-state index contributed by atoms with van der Waals surface area (Å²) in [5, 5.41) is 0.931. The first kappa shape index (κ1) is 20.5. The molecule has 4 nitrogen and oxygen atoms in total. The highest BCUT2D eigenvalue weighted by molar-refractivity contribution is 7.22. The molecule has 1 saturated heterocycles. The van der Waals surface area contributed by atoms with Crippen LogP contribution in [0.5, 0.6) is 0 Å². The average Bonchev–Trinajstić information content (AvgIpc) is 3.22. The van der Waals surface area contributed by atoms with E-state index >= 15 is 0 Å². The highest BCUT2D eigenvalue weighted by atomic mass is 35.5. The zero-order valence-corrected chi connectivity index (χ0v) is 18.0. The molecule has 8 heteroatoms. The molecule has 0 N–H and O–H groups in total. The average molecular weight is 458 g/mol. The van der Waals surface area contributed by atoms with Gasteiger partial charge in [-0.25, -0.2) is 18.7 Å². The van der Waals surface area contributed by atoms with Crippen LogP contribution in [0.2, 0.25) is 5.28 Å². The first-order valence-electron chi connectivity index (χ1n) is 9.88. The number of aromatic nitrogens is 2. The summed E-state index contributed by atoms with van der Waals surface area (Å²) < 4.78 is 35.0. The summed E-state index contributed by atoms with van der Waals surface area (Å²) in [4.78, 5) is 10.7. The van der Waals surface area contributed by atoms with Crippen LogP contribution in [0.15, 0.2) is 48.7 Å². The Labute approximate surface area is 187 Å². The lowest BCUT2D eigenvalue weighted by molar-refractivity contribution is 0.0342. The van der Waals surface area contributed by atoms with E-state index in [9.17, 15) is 8.78 Å². The van der Waals surface area contributed by atoms with Crippen LogP contribution in [0.4, 0.5) is 8.78 Å². The number of benzene rings is 2. The number of ether oxygens (including phenoxy) is 1. The van der Waals surface area contributed by atoms with Gasteiger partial charge in [0.1, 0.15) is 11.5 Å². The summed E-state index contributed by atoms with van der Waals surface area (Å²) in [6.45, 7) is 3.81. The van der Waals surface area contributed by atoms with E-state index in [1.807, 2.05) is 30.3 Å². The normalized spacial score (nSPS) is 14.9. The van der Waals surface area contributed by atoms with E-state index < -0.39 is 5.82 Å². The Balaban J connectivity index is 1.61. The van der Waals surface area contributed by atoms with Crippen molar-refractivity contribution in [3.8, 4) is 21.7 Å². The zero-order valence-electron chi connectivity index (χ0n) is 16.4. The number of thiophene rings is 1. The molecule has 0 spiro atoms. The summed E-state index contributed by atoms with van der Waals surface area (Å²) in [6.07, 6.45) is 1.07. The van der Waals surface area contributed by atoms with Crippen LogP contribution in [0.25, 0.3) is 31.8 Å². The van der Waals surface area contributed by atoms with Crippen LogP contribution < -0.4 is 0 Å². The molecule has 3 heterocycles. The third-order valence-electron chi connectivity index (χ3n) is 5.35. The molecule has 5 rings (SSSR count). The van der Waals surface area contributed by atoms with E-state index in [0.717, 1.165) is 46.1 Å². The maximum Gasteiger partial charge on any atom is 0.223 e. The summed E-state index contributed by atoms with van der Waals surface area (Å²) in [5.74, 6) is -0.820. The van der Waals surface area contributed by atoms with Gasteiger partial charge in [0.15, 0.2) is 5.82 Å². The fraction of sp³-hybridized carbons (Fsp3) is 0.217. The Bertz CT molecular complexity index is 1260. The number of halogens is 3. The van der Waals surface area contributed by atoms with Gasteiger partial charge in [0.05, 0.1) is 24.3 Å². The minimum Gasteiger partial charge on any atom is -0.379 e. The SMILES string of the molecule is Fc1ccc(CN2CCOCC2)c(-c2cccc3cc(-c4nc(Cl)ncc4F)sc23)c1. The Hall–Kier alpha value is -2.45. The molecule has 0 aliphatic carbocycles. The van der Waals surface area contributed by atoms with Crippen LogP contribution in [-0.4, -0.2) is 41.2 Å². The number of hydrogen-bond donors (Lipinski definition) is 0. The Kier molecular flexibility index (Phi) is 5.67. The van der Waals surface area contributed by atoms with Crippen molar-refractivity contribution in [2.24, 2.45) is 0 Å². The number of morpholine rings is 1. The third-order valence-corrected chi connectivity index (χ3v) is 6.72. The molecule has 2 aromatic heterocycles. The zero-order chi connectivity index (χ0) is 21.4. The van der Waals surface area contributed by atoms with E-state index in [1.165, 1.54) is 17.4 Å². The number of fused-ring (bicyclic) bond motifs is 1. The van der Waals surface area contributed by atoms with Gasteiger partial charge in [0.25, 0.3) is 0 Å². The molecule has 2 aromatic carbocycles. The van der Waals surface area contributed by atoms with Gasteiger partial charge in [-0.3, -0.25) is 4.90 Å². The third kappa shape index (κ3) is 4.19. The molecular weight excluding hydrogens is 440 g/mol. The van der Waals surface area contributed by atoms with Crippen LogP contribution in [0.3, 0.4) is 0 Å². The monoisotopic (exact) mass is 457 g/mol. The fourth-order valence-electron chi connectivity index (χ4n) is 3.85. The van der Waals surface area contributed by atoms with Crippen molar-refractivity contribution in [2.45, 2.75) is 6.54 Å². The highest BCUT2D eigenvalue weighted by Gasteiger charge is 2.18. The standard InChI is InChI=1S/C23H18ClF2N3OS/c24-23-27-12-19(26)21(28-23)20-10-14-2-1-3-17(22(14)31-20)18-11-16(25)5-4-15(18)13-29-6-8-30-9-7-29/h1-5,10-12H,6-9,13H2. The number of rotatable bonds is 4. The van der Waals surface area contributed by atoms with Gasteiger partial charge < -0.3 is 4.74 Å². The fourth-order valence-corrected chi connectivity index (χ4v) is 5.16. The van der Waals surface area contributed by atoms with Gasteiger partial charge in [-0.1, -0.05) is 24.3 Å². The molecule has 0 saturated carbocycles. The van der Waals surface area contributed by atoms with Gasteiger partial charge in [-0.15, -0.1) is 11.3 Å². The first-order chi connectivity index (χ1) is 15.1. The van der Waals surface area contributed by atoms with E-state index in [1.54, 1.807) is 6.07 Å². The molecule has 1 aliphatic heterocycles. The smallest absolute Gasteiger partial charge is 0.223 e. The number of nitrogens with zero attached hydrogens (tertiary/aromatic N) is 3. The molecule has 0 radical (unpaired) electrons. The molecular formula is C23H18ClF2N3OS. The van der Waals surface area contributed by atoms with Crippen molar-refractivity contribution in [2.75, 3.05) is 26.3 Å². The van der Waals surface area contributed by atoms with Crippen LogP contribution in [0.1, 0.15) is 5.56 Å². The molecule has 0 bridgehead atoms. The second-order valence-corrected chi connectivity index (χ2v) is 8.75. The predicted molar refractivity (Wildman–Crippen MR) is 119 cm³/mol. The minimum atomic E-state index is -0.531. The Morgan fingerprint density at radius 1 is 1.06 bits per heavy atom. The lowest BCUT2D eigenvalue weighted by Gasteiger charge is -2.27. The van der Waals surface area contributed by atoms with Crippen molar-refractivity contribution in [1.82, 2.24) is 14.9 Å². The van der Waals surface area contributed by atoms with Gasteiger partial charge >= 0.3 is 0 Å². The van der Waals surface area contributed by atoms with E-state index in [0.29, 0.717) is 24.6 Å². The predicted octanol–water partition coefficient (Wildman–Crippen LogP) is 5.79. The molecule has 158 valence electrons. The molecule has 1 fully saturated rings. The van der Waals surface area contributed by atoms with E-state index in [-0.39, 0.29) is 16.8 Å². The highest BCUT2D eigenvalue weighted by Crippen LogP contribution is 2.40. The lowest BCUT2D eigenvalue weighted by Crippen LogP contribution is -2.35. The lowest BCUT2D eigenvalue weighted by atomic mass is 9.98. The summed E-state index contributed by atoms with van der Waals surface area (Å²) in [6, 6.07) is 12.7. The molecule has 0 atom stereocenters. The maximum atomic E-state index is 14.3. The van der Waals surface area contributed by atoms with Gasteiger partial charge in [0, 0.05) is 24.3 Å². The summed E-state index contributed by atoms with van der Waals surface area (Å²) in [5.41, 5.74) is 2.96. The van der Waals surface area contributed by atoms with Gasteiger partial charge in [0.2, 0.25) is 5.28 Å². The largest absolute Gasteiger partial charge is 0.379 e. The molecule has 0 amide bonds. The Morgan fingerprint density at radius 3 is 2.74 bits per heavy atom. The van der Waals surface area contributed by atoms with Crippen LogP contribution in [-0.2, 0) is 11.3 Å². The van der Waals surface area contributed by atoms with Crippen molar-refractivity contribution in [1.29, 1.82) is 0 Å². The van der Waals surface area contributed by atoms with Crippen molar-refractivity contribution in [3.63, 3.8) is 0 Å². The van der Waals surface area contributed by atoms with Crippen molar-refractivity contribution < 1.29 is 13.5 Å². The summed E-state index contributed by atoms with van der Waals surface area (Å²) >= 11 is 7.29. The first-order valence-corrected chi connectivity index (χ1v) is 11.1. The van der Waals surface area contributed by atoms with E-state index in [2.05, 4.69) is 14.9 Å². The Morgan fingerprint density at radius 2 is 1.90 bits per heavy atom. The van der Waals surface area contributed by atoms with E-state index in [4.69, 9.17) is 16.3 Å². The molecule has 31 heavy (non-hydrogen) atoms. The second-order valence-electron chi connectivity index (χ2n) is 7.36. The maximum absolute atomic E-state index is 14.3. The molecule has 4 aromatic rings. The van der Waals surface area contributed by atoms with Gasteiger partial charge in [-0.2, -0.15) is 0 Å². The quantitative estimate of drug-likeness (QED) is 0.363. The number of hydrogen-bond acceptors (Lipinski definition) is 5. The van der Waals surface area contributed by atoms with Gasteiger partial charge in [-0.05, 0) is 51.9 Å².